The number of nitrogens with zero attached hydrogens (tertiary/aromatic N) is 14. The normalized spacial score (nSPS) is 19.0. The van der Waals surface area contributed by atoms with Crippen LogP contribution in [0.1, 0.15) is 101 Å². The van der Waals surface area contributed by atoms with Crippen LogP contribution in [0.3, 0.4) is 0 Å². The van der Waals surface area contributed by atoms with Crippen LogP contribution in [0.2, 0.25) is 0 Å². The largest absolute Gasteiger partial charge is 0.494 e. The Morgan fingerprint density at radius 1 is 0.469 bits per heavy atom. The molecule has 0 spiro atoms. The minimum atomic E-state index is -3.26. The van der Waals surface area contributed by atoms with E-state index < -0.39 is 134 Å². The molecule has 614 valence electrons. The molecule has 4 fully saturated rings. The van der Waals surface area contributed by atoms with Crippen molar-refractivity contribution in [3.8, 4) is 23.6 Å². The summed E-state index contributed by atoms with van der Waals surface area (Å²) in [6.45, 7) is 7.00. The number of carboxylic acid groups (broad SMARTS) is 2. The third-order valence-electron chi connectivity index (χ3n) is 19.1. The number of benzene rings is 2. The van der Waals surface area contributed by atoms with E-state index in [0.29, 0.717) is 21.8 Å². The summed E-state index contributed by atoms with van der Waals surface area (Å²) in [5.74, 6) is -13.6. The van der Waals surface area contributed by atoms with Crippen molar-refractivity contribution in [2.45, 2.75) is 115 Å². The molecule has 0 aliphatic carbocycles. The quantitative estimate of drug-likeness (QED) is 0.0399. The molecule has 2 atom stereocenters. The Morgan fingerprint density at radius 3 is 1.14 bits per heavy atom. The Hall–Kier alpha value is -10.5. The van der Waals surface area contributed by atoms with Crippen molar-refractivity contribution in [2.75, 3.05) is 177 Å². The second-order valence-corrected chi connectivity index (χ2v) is 30.3. The maximum atomic E-state index is 15.3. The van der Waals surface area contributed by atoms with E-state index >= 15 is 4.79 Å². The Morgan fingerprint density at radius 2 is 0.796 bits per heavy atom. The van der Waals surface area contributed by atoms with E-state index in [1.165, 1.54) is 24.5 Å². The van der Waals surface area contributed by atoms with Gasteiger partial charge >= 0.3 is 23.9 Å². The number of likely N-dealkylation sites (tertiary alicyclic amines) is 2. The number of nitriles is 2. The van der Waals surface area contributed by atoms with Crippen molar-refractivity contribution in [3.63, 3.8) is 0 Å². The van der Waals surface area contributed by atoms with Crippen molar-refractivity contribution in [1.29, 1.82) is 10.5 Å². The van der Waals surface area contributed by atoms with Crippen molar-refractivity contribution in [3.05, 3.63) is 72.1 Å². The molecule has 7 amide bonds. The van der Waals surface area contributed by atoms with Gasteiger partial charge in [-0.3, -0.25) is 87.2 Å². The Kier molecular flexibility index (Phi) is 31.4. The molecular formula is C76H100F4N16O17. The SMILES string of the molecule is CC(C)(C)OC(=O)CN1CCN(CC(=O)O)CCN(CC(=O)O)CCN(CC(=O)N2CCN(C(=O)CCCOc3ccc4nccc(C(=O)NCC(=O)N5CC(F)(F)C[C@H]5C#N)c4c3)CCN(CC(=O)OC(C)(C)C)CCN(C(=O)CCCOc3ccc4nccc(C(=O)NCC(=O)N5CC(F)(F)C[C@H]5C#N)c4c3)CC2)CC1. The molecule has 4 saturated heterocycles. The summed E-state index contributed by atoms with van der Waals surface area (Å²) in [6.07, 6.45) is 1.27. The van der Waals surface area contributed by atoms with E-state index in [1.807, 2.05) is 4.90 Å². The maximum absolute atomic E-state index is 15.3. The average Bonchev–Trinajstić information content (AvgIpc) is 1.63. The zero-order chi connectivity index (χ0) is 82.4. The highest BCUT2D eigenvalue weighted by molar-refractivity contribution is 6.08. The third-order valence-corrected chi connectivity index (χ3v) is 19.1. The Balaban J connectivity index is 0.999. The van der Waals surface area contributed by atoms with E-state index in [-0.39, 0.29) is 204 Å². The van der Waals surface area contributed by atoms with E-state index in [0.717, 1.165) is 9.80 Å². The van der Waals surface area contributed by atoms with Gasteiger partial charge in [-0.25, -0.2) is 17.6 Å². The standard InChI is InChI=1S/C76H100F4N16O17/c1-73(2,3)112-69(106)48-90-25-20-87(19-21-88(46-67(102)103)22-23-89(24-26-90)47-68(104)105)45-66(101)94-33-31-92(62(97)9-7-35-110-54-11-13-60-58(37-54)56(15-17-83-60)71(108)85-43-64(99)95-50-75(77,78)39-52(95)41-81)29-27-91(49-70(107)113-74(4,5)6)28-30-93(32-34-94)63(98)10-8-36-111-55-12-14-61-59(38-55)57(16-18-84-61)72(109)86-44-65(100)96-51-76(79,80)40-53(96)42-82/h11-18,37-38,52-53H,7-10,19-36,39-40,43-51H2,1-6H3,(H,85,108)(H,86,109)(H,102,103)(H,104,105)/t52-,53-/m0/s1. The van der Waals surface area contributed by atoms with Crippen LogP contribution in [-0.2, 0) is 52.6 Å². The zero-order valence-corrected chi connectivity index (χ0v) is 64.6. The number of hydrogen-bond acceptors (Lipinski definition) is 24. The molecule has 0 radical (unpaired) electrons. The summed E-state index contributed by atoms with van der Waals surface area (Å²) in [4.78, 5) is 172. The van der Waals surface area contributed by atoms with Gasteiger partial charge in [-0.2, -0.15) is 10.5 Å². The van der Waals surface area contributed by atoms with E-state index in [4.69, 9.17) is 18.9 Å². The number of carbonyl (C=O) groups excluding carboxylic acids is 9. The average molecular weight is 1590 g/mol. The first-order valence-corrected chi connectivity index (χ1v) is 37.5. The number of aliphatic carboxylic acids is 2. The minimum absolute atomic E-state index is 0.0143. The van der Waals surface area contributed by atoms with E-state index in [1.54, 1.807) is 124 Å². The molecule has 2 aromatic carbocycles. The lowest BCUT2D eigenvalue weighted by atomic mass is 10.1. The number of carbonyl (C=O) groups is 11. The third kappa shape index (κ3) is 28.0. The van der Waals surface area contributed by atoms with Gasteiger partial charge in [0.2, 0.25) is 29.5 Å². The molecule has 2 aromatic heterocycles. The molecule has 8 rings (SSSR count). The number of pyridine rings is 2. The highest BCUT2D eigenvalue weighted by Gasteiger charge is 2.48. The first kappa shape index (κ1) is 88.1. The number of carboxylic acids is 2. The topological polar surface area (TPSA) is 395 Å². The molecule has 4 aliphatic heterocycles. The molecule has 37 heteroatoms. The number of rotatable bonds is 26. The fourth-order valence-corrected chi connectivity index (χ4v) is 13.4. The Bertz CT molecular complexity index is 3980. The number of halogens is 4. The van der Waals surface area contributed by atoms with Crippen LogP contribution in [0.25, 0.3) is 21.8 Å². The van der Waals surface area contributed by atoms with Crippen LogP contribution < -0.4 is 20.1 Å². The lowest BCUT2D eigenvalue weighted by Crippen LogP contribution is -2.53. The minimum Gasteiger partial charge on any atom is -0.494 e. The van der Waals surface area contributed by atoms with Gasteiger partial charge in [-0.1, -0.05) is 0 Å². The summed E-state index contributed by atoms with van der Waals surface area (Å²) in [6, 6.07) is 13.0. The van der Waals surface area contributed by atoms with Gasteiger partial charge in [-0.05, 0) is 103 Å². The monoisotopic (exact) mass is 1580 g/mol. The van der Waals surface area contributed by atoms with Crippen molar-refractivity contribution in [1.82, 2.24) is 69.6 Å². The molecular weight excluding hydrogens is 1480 g/mol. The van der Waals surface area contributed by atoms with E-state index in [9.17, 15) is 86.2 Å². The number of fused-ring (bicyclic) bond motifs is 2. The summed E-state index contributed by atoms with van der Waals surface area (Å²) < 4.78 is 80.2. The molecule has 113 heavy (non-hydrogen) atoms. The lowest BCUT2D eigenvalue weighted by Gasteiger charge is -2.36. The summed E-state index contributed by atoms with van der Waals surface area (Å²) in [5, 5.41) is 44.2. The molecule has 4 aliphatic rings. The van der Waals surface area contributed by atoms with Crippen LogP contribution in [0.5, 0.6) is 11.5 Å². The molecule has 4 N–H and O–H groups in total. The van der Waals surface area contributed by atoms with Crippen LogP contribution in [0.4, 0.5) is 17.6 Å². The molecule has 0 saturated carbocycles. The second-order valence-electron chi connectivity index (χ2n) is 30.3. The first-order chi connectivity index (χ1) is 53.4. The maximum Gasteiger partial charge on any atom is 0.320 e. The fraction of sp³-hybridized carbons (Fsp3) is 0.592. The predicted molar refractivity (Wildman–Crippen MR) is 398 cm³/mol. The van der Waals surface area contributed by atoms with Crippen molar-refractivity contribution in [2.24, 2.45) is 0 Å². The zero-order valence-electron chi connectivity index (χ0n) is 64.6. The van der Waals surface area contributed by atoms with Crippen LogP contribution >= 0.6 is 0 Å². The van der Waals surface area contributed by atoms with Gasteiger partial charge in [0.25, 0.3) is 23.7 Å². The number of aromatic nitrogens is 2. The van der Waals surface area contributed by atoms with Crippen molar-refractivity contribution >= 4 is 87.0 Å². The predicted octanol–water partition coefficient (Wildman–Crippen LogP) is 2.66. The summed E-state index contributed by atoms with van der Waals surface area (Å²) >= 11 is 0. The van der Waals surface area contributed by atoms with Crippen LogP contribution in [-0.4, -0.2) is 346 Å². The van der Waals surface area contributed by atoms with Gasteiger partial charge in [0.1, 0.15) is 34.8 Å². The van der Waals surface area contributed by atoms with Crippen LogP contribution in [0, 0.1) is 22.7 Å². The fourth-order valence-electron chi connectivity index (χ4n) is 13.4. The number of hydrogen-bond donors (Lipinski definition) is 4. The van der Waals surface area contributed by atoms with Gasteiger partial charge < -0.3 is 64.3 Å². The van der Waals surface area contributed by atoms with Gasteiger partial charge in [0, 0.05) is 154 Å². The second kappa shape index (κ2) is 40.3. The summed E-state index contributed by atoms with van der Waals surface area (Å²) in [7, 11) is 0. The highest BCUT2D eigenvalue weighted by atomic mass is 19.3. The Labute approximate surface area is 651 Å². The lowest BCUT2D eigenvalue weighted by molar-refractivity contribution is -0.157. The van der Waals surface area contributed by atoms with Crippen LogP contribution in [0.15, 0.2) is 60.9 Å². The molecule has 0 bridgehead atoms. The number of ether oxygens (including phenoxy) is 4. The number of alkyl halides is 4. The number of esters is 2. The smallest absolute Gasteiger partial charge is 0.320 e. The highest BCUT2D eigenvalue weighted by Crippen LogP contribution is 2.34. The van der Waals surface area contributed by atoms with Gasteiger partial charge in [0.15, 0.2) is 0 Å². The van der Waals surface area contributed by atoms with E-state index in [2.05, 4.69) is 20.6 Å². The first-order valence-electron chi connectivity index (χ1n) is 37.5. The van der Waals surface area contributed by atoms with Crippen molar-refractivity contribution < 1.29 is 99.5 Å². The number of nitrogens with one attached hydrogen (secondary N) is 2. The summed E-state index contributed by atoms with van der Waals surface area (Å²) in [5.41, 5.74) is -0.782. The molecule has 6 heterocycles. The molecule has 33 nitrogen and oxygen atoms in total. The van der Waals surface area contributed by atoms with Gasteiger partial charge in [0.05, 0.1) is 106 Å². The number of amides is 7. The molecule has 4 aromatic rings. The molecule has 0 unspecified atom stereocenters. The van der Waals surface area contributed by atoms with Gasteiger partial charge in [-0.15, -0.1) is 0 Å².